The van der Waals surface area contributed by atoms with Crippen LogP contribution in [0.25, 0.3) is 0 Å². The van der Waals surface area contributed by atoms with Crippen LogP contribution in [-0.4, -0.2) is 13.2 Å². The van der Waals surface area contributed by atoms with Crippen LogP contribution in [0.15, 0.2) is 24.3 Å². The highest BCUT2D eigenvalue weighted by Crippen LogP contribution is 2.29. The lowest BCUT2D eigenvalue weighted by Gasteiger charge is -2.21. The van der Waals surface area contributed by atoms with Crippen molar-refractivity contribution in [3.8, 4) is 5.75 Å². The number of hydrogen-bond donors (Lipinski definition) is 1. The summed E-state index contributed by atoms with van der Waals surface area (Å²) in [6.45, 7) is 2.15. The number of hydrogen-bond acceptors (Lipinski definition) is 2. The number of halogens is 2. The van der Waals surface area contributed by atoms with Gasteiger partial charge in [-0.1, -0.05) is 44.9 Å². The summed E-state index contributed by atoms with van der Waals surface area (Å²) >= 11 is 0. The summed E-state index contributed by atoms with van der Waals surface area (Å²) in [6, 6.07) is 7.08. The molecule has 1 aromatic rings. The molecule has 0 aliphatic heterocycles. The quantitative estimate of drug-likeness (QED) is 0.756. The number of para-hydroxylation sites is 1. The Morgan fingerprint density at radius 2 is 1.94 bits per heavy atom. The third kappa shape index (κ3) is 4.61. The Bertz CT molecular complexity index is 344. The number of benzene rings is 1. The molecule has 0 amide bonds. The van der Waals surface area contributed by atoms with E-state index in [1.807, 2.05) is 19.1 Å². The first-order valence-corrected chi connectivity index (χ1v) is 6.46. The van der Waals surface area contributed by atoms with Crippen molar-refractivity contribution >= 4 is 0 Å². The summed E-state index contributed by atoms with van der Waals surface area (Å²) < 4.78 is 29.3. The molecule has 102 valence electrons. The van der Waals surface area contributed by atoms with Crippen LogP contribution in [0.4, 0.5) is 8.78 Å². The normalized spacial score (nSPS) is 12.7. The van der Waals surface area contributed by atoms with Crippen LogP contribution < -0.4 is 10.1 Å². The van der Waals surface area contributed by atoms with E-state index in [0.717, 1.165) is 31.4 Å². The second-order valence-corrected chi connectivity index (χ2v) is 4.17. The van der Waals surface area contributed by atoms with E-state index in [9.17, 15) is 8.78 Å². The Morgan fingerprint density at radius 1 is 1.22 bits per heavy atom. The molecule has 0 aromatic heterocycles. The smallest absolute Gasteiger partial charge is 0.387 e. The molecule has 0 spiro atoms. The minimum atomic E-state index is -2.78. The Morgan fingerprint density at radius 3 is 2.56 bits per heavy atom. The van der Waals surface area contributed by atoms with Gasteiger partial charge >= 0.3 is 6.61 Å². The summed E-state index contributed by atoms with van der Waals surface area (Å²) in [6.07, 6.45) is 3.06. The number of alkyl halides is 2. The maximum atomic E-state index is 12.4. The van der Waals surface area contributed by atoms with Crippen LogP contribution in [0, 0.1) is 0 Å². The molecule has 1 N–H and O–H groups in total. The molecule has 0 fully saturated rings. The van der Waals surface area contributed by atoms with Gasteiger partial charge < -0.3 is 10.1 Å². The lowest BCUT2D eigenvalue weighted by molar-refractivity contribution is -0.0507. The fraction of sp³-hybridized carbons (Fsp3) is 0.571. The van der Waals surface area contributed by atoms with Crippen LogP contribution in [0.2, 0.25) is 0 Å². The van der Waals surface area contributed by atoms with Crippen LogP contribution in [0.3, 0.4) is 0 Å². The van der Waals surface area contributed by atoms with E-state index in [1.54, 1.807) is 12.1 Å². The minimum Gasteiger partial charge on any atom is -0.434 e. The van der Waals surface area contributed by atoms with Crippen molar-refractivity contribution in [2.75, 3.05) is 6.54 Å². The van der Waals surface area contributed by atoms with Gasteiger partial charge in [-0.2, -0.15) is 8.78 Å². The lowest BCUT2D eigenvalue weighted by atomic mass is 10.00. The van der Waals surface area contributed by atoms with Crippen LogP contribution in [0.5, 0.6) is 5.75 Å². The van der Waals surface area contributed by atoms with Gasteiger partial charge in [0.15, 0.2) is 0 Å². The third-order valence-electron chi connectivity index (χ3n) is 2.81. The van der Waals surface area contributed by atoms with E-state index in [4.69, 9.17) is 0 Å². The van der Waals surface area contributed by atoms with Crippen molar-refractivity contribution in [2.45, 2.75) is 45.8 Å². The summed E-state index contributed by atoms with van der Waals surface area (Å²) in [5, 5.41) is 3.32. The largest absolute Gasteiger partial charge is 0.434 e. The highest BCUT2D eigenvalue weighted by atomic mass is 19.3. The molecule has 0 saturated heterocycles. The fourth-order valence-electron chi connectivity index (χ4n) is 1.99. The highest BCUT2D eigenvalue weighted by Gasteiger charge is 2.16. The van der Waals surface area contributed by atoms with Crippen LogP contribution >= 0.6 is 0 Å². The predicted octanol–water partition coefficient (Wildman–Crippen LogP) is 4.13. The van der Waals surface area contributed by atoms with Crippen molar-refractivity contribution in [1.29, 1.82) is 0 Å². The summed E-state index contributed by atoms with van der Waals surface area (Å²) in [7, 11) is 0. The molecular formula is C14H21F2NO. The van der Waals surface area contributed by atoms with Crippen molar-refractivity contribution in [1.82, 2.24) is 5.32 Å². The molecule has 2 nitrogen and oxygen atoms in total. The van der Waals surface area contributed by atoms with E-state index in [-0.39, 0.29) is 11.8 Å². The maximum Gasteiger partial charge on any atom is 0.387 e. The summed E-state index contributed by atoms with van der Waals surface area (Å²) in [5.74, 6) is 0.273. The van der Waals surface area contributed by atoms with Gasteiger partial charge in [-0.3, -0.25) is 0 Å². The number of rotatable bonds is 8. The third-order valence-corrected chi connectivity index (χ3v) is 2.81. The molecule has 4 heteroatoms. The molecule has 1 atom stereocenters. The van der Waals surface area contributed by atoms with E-state index < -0.39 is 6.61 Å². The molecule has 0 radical (unpaired) electrons. The van der Waals surface area contributed by atoms with Crippen molar-refractivity contribution in [3.63, 3.8) is 0 Å². The van der Waals surface area contributed by atoms with Gasteiger partial charge in [0.2, 0.25) is 0 Å². The average Bonchev–Trinajstić information content (AvgIpc) is 2.35. The van der Waals surface area contributed by atoms with Crippen LogP contribution in [-0.2, 0) is 0 Å². The van der Waals surface area contributed by atoms with Crippen molar-refractivity contribution in [3.05, 3.63) is 29.8 Å². The van der Waals surface area contributed by atoms with Gasteiger partial charge in [-0.15, -0.1) is 0 Å². The van der Waals surface area contributed by atoms with Crippen molar-refractivity contribution < 1.29 is 13.5 Å². The molecule has 0 aliphatic carbocycles. The minimum absolute atomic E-state index is 0.0740. The summed E-state index contributed by atoms with van der Waals surface area (Å²) in [4.78, 5) is 0. The van der Waals surface area contributed by atoms with Gasteiger partial charge in [0.25, 0.3) is 0 Å². The van der Waals surface area contributed by atoms with Gasteiger partial charge in [0.05, 0.1) is 0 Å². The fourth-order valence-corrected chi connectivity index (χ4v) is 1.99. The first-order chi connectivity index (χ1) is 8.69. The van der Waals surface area contributed by atoms with Gasteiger partial charge in [-0.25, -0.2) is 0 Å². The van der Waals surface area contributed by atoms with E-state index in [1.165, 1.54) is 0 Å². The van der Waals surface area contributed by atoms with Crippen molar-refractivity contribution in [2.24, 2.45) is 0 Å². The van der Waals surface area contributed by atoms with E-state index in [2.05, 4.69) is 17.0 Å². The molecule has 1 aromatic carbocycles. The average molecular weight is 257 g/mol. The number of unbranched alkanes of at least 4 members (excludes halogenated alkanes) is 1. The summed E-state index contributed by atoms with van der Waals surface area (Å²) in [5.41, 5.74) is 0.813. The standard InChI is InChI=1S/C14H21F2NO/c1-3-5-9-12(17-4-2)11-8-6-7-10-13(11)18-14(15)16/h6-8,10,12,14,17H,3-5,9H2,1-2H3. The zero-order valence-electron chi connectivity index (χ0n) is 11.0. The molecule has 0 heterocycles. The van der Waals surface area contributed by atoms with Gasteiger partial charge in [0, 0.05) is 11.6 Å². The maximum absolute atomic E-state index is 12.4. The zero-order valence-corrected chi connectivity index (χ0v) is 11.0. The molecule has 0 saturated carbocycles. The Hall–Kier alpha value is -1.16. The second-order valence-electron chi connectivity index (χ2n) is 4.17. The number of nitrogens with one attached hydrogen (secondary N) is 1. The molecule has 0 bridgehead atoms. The Kier molecular flexibility index (Phi) is 6.65. The predicted molar refractivity (Wildman–Crippen MR) is 69.0 cm³/mol. The van der Waals surface area contributed by atoms with Gasteiger partial charge in [-0.05, 0) is 19.0 Å². The first-order valence-electron chi connectivity index (χ1n) is 6.46. The highest BCUT2D eigenvalue weighted by molar-refractivity contribution is 5.36. The molecule has 18 heavy (non-hydrogen) atoms. The number of ether oxygens (including phenoxy) is 1. The lowest BCUT2D eigenvalue weighted by Crippen LogP contribution is -2.22. The Labute approximate surface area is 107 Å². The second kappa shape index (κ2) is 8.03. The zero-order chi connectivity index (χ0) is 13.4. The molecule has 0 aliphatic rings. The van der Waals surface area contributed by atoms with E-state index >= 15 is 0 Å². The molecule has 1 unspecified atom stereocenters. The molecule has 1 rings (SSSR count). The molecular weight excluding hydrogens is 236 g/mol. The monoisotopic (exact) mass is 257 g/mol. The SMILES string of the molecule is CCCCC(NCC)c1ccccc1OC(F)F. The topological polar surface area (TPSA) is 21.3 Å². The Balaban J connectivity index is 2.87. The van der Waals surface area contributed by atoms with Gasteiger partial charge in [0.1, 0.15) is 5.75 Å². The van der Waals surface area contributed by atoms with E-state index in [0.29, 0.717) is 0 Å². The first kappa shape index (κ1) is 14.9. The van der Waals surface area contributed by atoms with Crippen LogP contribution in [0.1, 0.15) is 44.7 Å².